The Hall–Kier alpha value is -1.75. The molecule has 1 saturated heterocycles. The summed E-state index contributed by atoms with van der Waals surface area (Å²) < 4.78 is 5.03. The van der Waals surface area contributed by atoms with Gasteiger partial charge in [-0.3, -0.25) is 4.90 Å². The molecule has 3 rings (SSSR count). The molecular formula is C19H20Cl2N2O2. The number of benzene rings is 2. The predicted octanol–water partition coefficient (Wildman–Crippen LogP) is 4.03. The highest BCUT2D eigenvalue weighted by atomic mass is 35.5. The van der Waals surface area contributed by atoms with Gasteiger partial charge < -0.3 is 9.64 Å². The third-order valence-corrected chi connectivity index (χ3v) is 5.16. The van der Waals surface area contributed by atoms with E-state index in [1.165, 1.54) is 7.11 Å². The van der Waals surface area contributed by atoms with Gasteiger partial charge in [0.05, 0.1) is 17.8 Å². The van der Waals surface area contributed by atoms with E-state index in [-0.39, 0.29) is 5.97 Å². The van der Waals surface area contributed by atoms with Crippen LogP contribution in [0.4, 0.5) is 5.69 Å². The van der Waals surface area contributed by atoms with Gasteiger partial charge in [-0.05, 0) is 23.8 Å². The van der Waals surface area contributed by atoms with Crippen molar-refractivity contribution in [1.29, 1.82) is 0 Å². The highest BCUT2D eigenvalue weighted by molar-refractivity contribution is 6.33. The van der Waals surface area contributed by atoms with Crippen molar-refractivity contribution in [2.75, 3.05) is 38.2 Å². The summed E-state index contributed by atoms with van der Waals surface area (Å²) in [5, 5.41) is 1.32. The number of methoxy groups -OCH3 is 1. The van der Waals surface area contributed by atoms with Crippen LogP contribution in [-0.4, -0.2) is 44.2 Å². The van der Waals surface area contributed by atoms with Crippen LogP contribution in [0.5, 0.6) is 0 Å². The number of halogens is 2. The van der Waals surface area contributed by atoms with Crippen LogP contribution in [0.25, 0.3) is 0 Å². The lowest BCUT2D eigenvalue weighted by Crippen LogP contribution is -2.49. The van der Waals surface area contributed by atoms with E-state index in [9.17, 15) is 4.79 Å². The van der Waals surface area contributed by atoms with Gasteiger partial charge in [0, 0.05) is 31.2 Å². The molecule has 1 aliphatic heterocycles. The van der Waals surface area contributed by atoms with Crippen LogP contribution in [0.3, 0.4) is 0 Å². The first-order chi connectivity index (χ1) is 12.1. The summed E-state index contributed by atoms with van der Waals surface area (Å²) in [6, 6.07) is 14.7. The summed E-state index contributed by atoms with van der Waals surface area (Å²) in [6.45, 7) is 3.00. The molecule has 0 radical (unpaired) electrons. The van der Waals surface area contributed by atoms with Crippen molar-refractivity contribution in [3.63, 3.8) is 0 Å². The number of esters is 1. The Bertz CT molecular complexity index is 746. The van der Waals surface area contributed by atoms with Gasteiger partial charge in [0.2, 0.25) is 0 Å². The fraction of sp³-hybridized carbons (Fsp3) is 0.316. The van der Waals surface area contributed by atoms with E-state index in [0.29, 0.717) is 5.02 Å². The lowest BCUT2D eigenvalue weighted by molar-refractivity contribution is -0.147. The minimum atomic E-state index is -0.493. The SMILES string of the molecule is COC(=O)C(c1ccccc1Cl)N1CCN(c2ccccc2Cl)CC1. The van der Waals surface area contributed by atoms with E-state index >= 15 is 0 Å². The largest absolute Gasteiger partial charge is 0.468 e. The predicted molar refractivity (Wildman–Crippen MR) is 101 cm³/mol. The molecule has 4 nitrogen and oxygen atoms in total. The second kappa shape index (κ2) is 8.09. The number of para-hydroxylation sites is 1. The zero-order chi connectivity index (χ0) is 17.8. The highest BCUT2D eigenvalue weighted by Crippen LogP contribution is 2.31. The van der Waals surface area contributed by atoms with Crippen LogP contribution in [-0.2, 0) is 9.53 Å². The number of piperazine rings is 1. The molecule has 1 atom stereocenters. The maximum atomic E-state index is 12.4. The number of hydrogen-bond acceptors (Lipinski definition) is 4. The van der Waals surface area contributed by atoms with Gasteiger partial charge in [-0.1, -0.05) is 53.5 Å². The van der Waals surface area contributed by atoms with E-state index in [4.69, 9.17) is 27.9 Å². The topological polar surface area (TPSA) is 32.8 Å². The smallest absolute Gasteiger partial charge is 0.327 e. The van der Waals surface area contributed by atoms with Crippen molar-refractivity contribution >= 4 is 34.9 Å². The Morgan fingerprint density at radius 1 is 0.960 bits per heavy atom. The Kier molecular flexibility index (Phi) is 5.84. The minimum Gasteiger partial charge on any atom is -0.468 e. The second-order valence-electron chi connectivity index (χ2n) is 5.92. The molecule has 0 bridgehead atoms. The molecule has 2 aromatic carbocycles. The van der Waals surface area contributed by atoms with Gasteiger partial charge in [0.25, 0.3) is 0 Å². The summed E-state index contributed by atoms with van der Waals surface area (Å²) in [7, 11) is 1.41. The molecule has 1 aliphatic rings. The van der Waals surface area contributed by atoms with Gasteiger partial charge in [-0.25, -0.2) is 4.79 Å². The average Bonchev–Trinajstić information content (AvgIpc) is 2.64. The summed E-state index contributed by atoms with van der Waals surface area (Å²) in [4.78, 5) is 16.8. The summed E-state index contributed by atoms with van der Waals surface area (Å²) in [5.74, 6) is -0.292. The fourth-order valence-corrected chi connectivity index (χ4v) is 3.70. The van der Waals surface area contributed by atoms with Crippen molar-refractivity contribution in [2.45, 2.75) is 6.04 Å². The Balaban J connectivity index is 1.78. The lowest BCUT2D eigenvalue weighted by Gasteiger charge is -2.39. The van der Waals surface area contributed by atoms with Gasteiger partial charge in [-0.2, -0.15) is 0 Å². The number of ether oxygens (including phenoxy) is 1. The lowest BCUT2D eigenvalue weighted by atomic mass is 10.0. The fourth-order valence-electron chi connectivity index (χ4n) is 3.21. The second-order valence-corrected chi connectivity index (χ2v) is 6.74. The highest BCUT2D eigenvalue weighted by Gasteiger charge is 2.32. The van der Waals surface area contributed by atoms with Crippen LogP contribution >= 0.6 is 23.2 Å². The standard InChI is InChI=1S/C19H20Cl2N2O2/c1-25-19(24)18(14-6-2-3-7-15(14)20)23-12-10-22(11-13-23)17-9-5-4-8-16(17)21/h2-9,18H,10-13H2,1H3. The van der Waals surface area contributed by atoms with E-state index in [2.05, 4.69) is 9.80 Å². The summed E-state index contributed by atoms with van der Waals surface area (Å²) in [6.07, 6.45) is 0. The Labute approximate surface area is 157 Å². The molecule has 0 spiro atoms. The van der Waals surface area contributed by atoms with E-state index < -0.39 is 6.04 Å². The molecule has 2 aromatic rings. The van der Waals surface area contributed by atoms with Crippen LogP contribution in [0.2, 0.25) is 10.0 Å². The van der Waals surface area contributed by atoms with Crippen molar-refractivity contribution in [1.82, 2.24) is 4.90 Å². The number of carbonyl (C=O) groups excluding carboxylic acids is 1. The van der Waals surface area contributed by atoms with Crippen LogP contribution in [0.15, 0.2) is 48.5 Å². The first kappa shape index (κ1) is 18.1. The zero-order valence-corrected chi connectivity index (χ0v) is 15.5. The van der Waals surface area contributed by atoms with Gasteiger partial charge in [-0.15, -0.1) is 0 Å². The normalized spacial score (nSPS) is 16.5. The van der Waals surface area contributed by atoms with Crippen molar-refractivity contribution in [2.24, 2.45) is 0 Å². The van der Waals surface area contributed by atoms with Gasteiger partial charge in [0.15, 0.2) is 0 Å². The van der Waals surface area contributed by atoms with Crippen molar-refractivity contribution < 1.29 is 9.53 Å². The molecule has 25 heavy (non-hydrogen) atoms. The molecule has 1 unspecified atom stereocenters. The maximum absolute atomic E-state index is 12.4. The molecule has 1 heterocycles. The first-order valence-corrected chi connectivity index (χ1v) is 8.93. The molecule has 0 saturated carbocycles. The number of carbonyl (C=O) groups is 1. The Morgan fingerprint density at radius 3 is 2.16 bits per heavy atom. The molecule has 0 aromatic heterocycles. The van der Waals surface area contributed by atoms with Gasteiger partial charge in [0.1, 0.15) is 6.04 Å². The molecule has 132 valence electrons. The molecule has 0 amide bonds. The van der Waals surface area contributed by atoms with Crippen LogP contribution < -0.4 is 4.90 Å². The zero-order valence-electron chi connectivity index (χ0n) is 14.0. The summed E-state index contributed by atoms with van der Waals surface area (Å²) >= 11 is 12.6. The van der Waals surface area contributed by atoms with E-state index in [1.807, 2.05) is 42.5 Å². The number of nitrogens with zero attached hydrogens (tertiary/aromatic N) is 2. The molecule has 0 N–H and O–H groups in total. The number of hydrogen-bond donors (Lipinski definition) is 0. The quantitative estimate of drug-likeness (QED) is 0.751. The van der Waals surface area contributed by atoms with Crippen molar-refractivity contribution in [3.05, 3.63) is 64.1 Å². The monoisotopic (exact) mass is 378 g/mol. The Morgan fingerprint density at radius 2 is 1.56 bits per heavy atom. The van der Waals surface area contributed by atoms with Gasteiger partial charge >= 0.3 is 5.97 Å². The number of anilines is 1. The third kappa shape index (κ3) is 3.92. The average molecular weight is 379 g/mol. The number of rotatable bonds is 4. The molecule has 1 fully saturated rings. The first-order valence-electron chi connectivity index (χ1n) is 8.17. The third-order valence-electron chi connectivity index (χ3n) is 4.50. The molecule has 0 aliphatic carbocycles. The minimum absolute atomic E-state index is 0.292. The van der Waals surface area contributed by atoms with E-state index in [0.717, 1.165) is 42.5 Å². The van der Waals surface area contributed by atoms with Crippen LogP contribution in [0, 0.1) is 0 Å². The van der Waals surface area contributed by atoms with Crippen LogP contribution in [0.1, 0.15) is 11.6 Å². The van der Waals surface area contributed by atoms with E-state index in [1.54, 1.807) is 6.07 Å². The maximum Gasteiger partial charge on any atom is 0.327 e. The van der Waals surface area contributed by atoms with Crippen molar-refractivity contribution in [3.8, 4) is 0 Å². The summed E-state index contributed by atoms with van der Waals surface area (Å²) in [5.41, 5.74) is 1.80. The molecule has 6 heteroatoms. The molecular weight excluding hydrogens is 359 g/mol.